The van der Waals surface area contributed by atoms with Crippen molar-refractivity contribution in [3.63, 3.8) is 0 Å². The number of carbonyl (C=O) groups excluding carboxylic acids is 1. The van der Waals surface area contributed by atoms with Crippen LogP contribution in [0.2, 0.25) is 0 Å². The van der Waals surface area contributed by atoms with Gasteiger partial charge in [-0.05, 0) is 65.7 Å². The van der Waals surface area contributed by atoms with Crippen molar-refractivity contribution < 1.29 is 19.4 Å². The van der Waals surface area contributed by atoms with Crippen molar-refractivity contribution in [2.45, 2.75) is 10.5 Å². The minimum Gasteiger partial charge on any atom is -0.478 e. The number of rotatable bonds is 8. The molecule has 1 unspecified atom stereocenters. The van der Waals surface area contributed by atoms with Gasteiger partial charge in [0.2, 0.25) is 5.82 Å². The van der Waals surface area contributed by atoms with Gasteiger partial charge in [0.1, 0.15) is 5.75 Å². The average Bonchev–Trinajstić information content (AvgIpc) is 3.38. The molecule has 0 aliphatic carbocycles. The molecular weight excluding hydrogens is 466 g/mol. The fourth-order valence-electron chi connectivity index (χ4n) is 2.84. The van der Waals surface area contributed by atoms with Crippen LogP contribution >= 0.6 is 23.5 Å². The number of aliphatic carboxylic acids is 1. The molecule has 166 valence electrons. The van der Waals surface area contributed by atoms with E-state index in [-0.39, 0.29) is 11.7 Å². The second-order valence-corrected chi connectivity index (χ2v) is 7.94. The maximum atomic E-state index is 13.5. The normalized spacial score (nSPS) is 11.5. The van der Waals surface area contributed by atoms with Crippen molar-refractivity contribution in [2.24, 2.45) is 0 Å². The van der Waals surface area contributed by atoms with Gasteiger partial charge in [-0.25, -0.2) is 9.10 Å². The molecular formula is C22H16ClN5O4S. The van der Waals surface area contributed by atoms with E-state index in [1.54, 1.807) is 16.4 Å². The molecule has 11 heteroatoms. The number of benzene rings is 3. The van der Waals surface area contributed by atoms with Crippen LogP contribution in [0.15, 0.2) is 83.8 Å². The van der Waals surface area contributed by atoms with Crippen molar-refractivity contribution in [1.29, 1.82) is 0 Å². The van der Waals surface area contributed by atoms with E-state index in [1.165, 1.54) is 24.1 Å². The zero-order valence-electron chi connectivity index (χ0n) is 16.8. The summed E-state index contributed by atoms with van der Waals surface area (Å²) in [7, 11) is 0. The van der Waals surface area contributed by atoms with Gasteiger partial charge in [-0.1, -0.05) is 41.9 Å². The summed E-state index contributed by atoms with van der Waals surface area (Å²) in [5, 5.41) is 23.0. The van der Waals surface area contributed by atoms with Gasteiger partial charge in [-0.3, -0.25) is 4.79 Å². The van der Waals surface area contributed by atoms with Crippen LogP contribution in [0.1, 0.15) is 10.4 Å². The zero-order chi connectivity index (χ0) is 23.2. The summed E-state index contributed by atoms with van der Waals surface area (Å²) in [5.41, 5.74) is 0.236. The molecule has 0 saturated heterocycles. The molecule has 9 nitrogen and oxygen atoms in total. The van der Waals surface area contributed by atoms with Crippen LogP contribution in [-0.4, -0.2) is 43.2 Å². The predicted molar refractivity (Wildman–Crippen MR) is 123 cm³/mol. The Balaban J connectivity index is 1.64. The lowest BCUT2D eigenvalue weighted by Crippen LogP contribution is -2.24. The second-order valence-electron chi connectivity index (χ2n) is 6.55. The fourth-order valence-corrected chi connectivity index (χ4v) is 3.96. The molecule has 1 atom stereocenters. The second kappa shape index (κ2) is 10.2. The number of hydrogen-bond acceptors (Lipinski definition) is 7. The van der Waals surface area contributed by atoms with Crippen LogP contribution in [0.5, 0.6) is 5.75 Å². The molecule has 0 spiro atoms. The summed E-state index contributed by atoms with van der Waals surface area (Å²) in [6.45, 7) is 0. The number of para-hydroxylation sites is 1. The van der Waals surface area contributed by atoms with Crippen LogP contribution < -0.4 is 9.04 Å². The van der Waals surface area contributed by atoms with Gasteiger partial charge >= 0.3 is 5.97 Å². The molecule has 4 aromatic rings. The topological polar surface area (TPSA) is 121 Å². The first-order valence-corrected chi connectivity index (χ1v) is 10.8. The zero-order valence-corrected chi connectivity index (χ0v) is 18.4. The number of alkyl halides is 1. The summed E-state index contributed by atoms with van der Waals surface area (Å²) in [6.07, 6.45) is 0. The minimum absolute atomic E-state index is 0.232. The number of ether oxygens (including phenoxy) is 1. The molecule has 1 heterocycles. The number of amides is 1. The van der Waals surface area contributed by atoms with E-state index in [0.29, 0.717) is 17.1 Å². The van der Waals surface area contributed by atoms with E-state index in [1.807, 2.05) is 54.6 Å². The van der Waals surface area contributed by atoms with E-state index in [9.17, 15) is 9.59 Å². The van der Waals surface area contributed by atoms with Gasteiger partial charge in [-0.2, -0.15) is 5.21 Å². The highest BCUT2D eigenvalue weighted by Gasteiger charge is 2.22. The summed E-state index contributed by atoms with van der Waals surface area (Å²) in [6, 6.07) is 22.7. The van der Waals surface area contributed by atoms with Gasteiger partial charge in [-0.15, -0.1) is 10.2 Å². The summed E-state index contributed by atoms with van der Waals surface area (Å²) < 4.78 is 6.67. The van der Waals surface area contributed by atoms with Crippen LogP contribution in [0.3, 0.4) is 0 Å². The van der Waals surface area contributed by atoms with E-state index >= 15 is 0 Å². The quantitative estimate of drug-likeness (QED) is 0.283. The molecule has 0 aliphatic heterocycles. The molecule has 0 aliphatic rings. The maximum absolute atomic E-state index is 13.5. The first kappa shape index (κ1) is 22.3. The molecule has 1 aromatic heterocycles. The first-order valence-electron chi connectivity index (χ1n) is 9.57. The Bertz CT molecular complexity index is 1240. The largest absolute Gasteiger partial charge is 0.478 e. The average molecular weight is 482 g/mol. The molecule has 33 heavy (non-hydrogen) atoms. The van der Waals surface area contributed by atoms with Crippen LogP contribution in [0.25, 0.3) is 11.4 Å². The Hall–Kier alpha value is -3.89. The number of anilines is 1. The van der Waals surface area contributed by atoms with Crippen molar-refractivity contribution >= 4 is 41.1 Å². The molecule has 0 bridgehead atoms. The Labute approximate surface area is 197 Å². The Morgan fingerprint density at radius 1 is 1.00 bits per heavy atom. The van der Waals surface area contributed by atoms with Crippen molar-refractivity contribution in [3.05, 3.63) is 84.4 Å². The Morgan fingerprint density at radius 2 is 1.70 bits per heavy atom. The molecule has 4 rings (SSSR count). The van der Waals surface area contributed by atoms with Crippen molar-refractivity contribution in [3.8, 4) is 17.1 Å². The number of H-pyrrole nitrogens is 1. The molecule has 0 fully saturated rings. The highest BCUT2D eigenvalue weighted by molar-refractivity contribution is 8.01. The van der Waals surface area contributed by atoms with Gasteiger partial charge in [0.15, 0.2) is 0 Å². The number of nitrogens with one attached hydrogen (secondary N) is 1. The highest BCUT2D eigenvalue weighted by Crippen LogP contribution is 2.35. The third-order valence-electron chi connectivity index (χ3n) is 4.37. The number of carboxylic acid groups (broad SMARTS) is 1. The third kappa shape index (κ3) is 5.30. The predicted octanol–water partition coefficient (Wildman–Crippen LogP) is 4.25. The number of halogens is 1. The van der Waals surface area contributed by atoms with Crippen LogP contribution in [0, 0.1) is 0 Å². The summed E-state index contributed by atoms with van der Waals surface area (Å²) in [5.74, 6) is -0.950. The molecule has 0 radical (unpaired) electrons. The number of aromatic amines is 1. The van der Waals surface area contributed by atoms with Gasteiger partial charge in [0.25, 0.3) is 11.5 Å². The lowest BCUT2D eigenvalue weighted by atomic mass is 10.2. The molecule has 3 aromatic carbocycles. The van der Waals surface area contributed by atoms with E-state index in [4.69, 9.17) is 21.4 Å². The van der Waals surface area contributed by atoms with E-state index < -0.39 is 11.5 Å². The van der Waals surface area contributed by atoms with Crippen molar-refractivity contribution in [2.75, 3.05) is 4.31 Å². The monoisotopic (exact) mass is 481 g/mol. The van der Waals surface area contributed by atoms with Gasteiger partial charge < -0.3 is 9.84 Å². The summed E-state index contributed by atoms with van der Waals surface area (Å²) >= 11 is 6.83. The fraction of sp³-hybridized carbons (Fsp3) is 0.0455. The molecule has 0 saturated carbocycles. The smallest absolute Gasteiger partial charge is 0.360 e. The number of aromatic nitrogens is 4. The van der Waals surface area contributed by atoms with Crippen LogP contribution in [0.4, 0.5) is 5.69 Å². The SMILES string of the molecule is O=C(O)C(Cl)Oc1ccc(C(=O)N(Sc2ccccc2-c2nn[nH]n2)c2ccccc2)cc1. The molecule has 2 N–H and O–H groups in total. The lowest BCUT2D eigenvalue weighted by molar-refractivity contribution is -0.141. The number of carboxylic acids is 1. The number of tetrazole rings is 1. The third-order valence-corrected chi connectivity index (χ3v) is 5.76. The Kier molecular flexibility index (Phi) is 6.86. The van der Waals surface area contributed by atoms with Crippen LogP contribution in [-0.2, 0) is 4.79 Å². The number of nitrogens with zero attached hydrogens (tertiary/aromatic N) is 4. The van der Waals surface area contributed by atoms with E-state index in [0.717, 1.165) is 10.5 Å². The standard InChI is InChI=1S/C22H16ClN5O4S/c23-19(22(30)31)32-16-12-10-14(11-13-16)21(29)28(15-6-2-1-3-7-15)33-18-9-5-4-8-17(18)20-24-26-27-25-20/h1-13,19H,(H,30,31)(H,24,25,26,27). The van der Waals surface area contributed by atoms with E-state index in [2.05, 4.69) is 20.6 Å². The minimum atomic E-state index is -1.52. The number of carbonyl (C=O) groups is 2. The lowest BCUT2D eigenvalue weighted by Gasteiger charge is -2.22. The highest BCUT2D eigenvalue weighted by atomic mass is 35.5. The first-order chi connectivity index (χ1) is 16.0. The van der Waals surface area contributed by atoms with Gasteiger partial charge in [0.05, 0.1) is 5.69 Å². The van der Waals surface area contributed by atoms with Gasteiger partial charge in [0, 0.05) is 16.0 Å². The Morgan fingerprint density at radius 3 is 2.36 bits per heavy atom. The van der Waals surface area contributed by atoms with Crippen molar-refractivity contribution in [1.82, 2.24) is 20.6 Å². The molecule has 1 amide bonds. The summed E-state index contributed by atoms with van der Waals surface area (Å²) in [4.78, 5) is 25.1. The maximum Gasteiger partial charge on any atom is 0.360 e. The number of hydrogen-bond donors (Lipinski definition) is 2.